The van der Waals surface area contributed by atoms with E-state index in [1.165, 1.54) is 11.1 Å². The number of aliphatic carboxylic acids is 3. The molecule has 0 radical (unpaired) electrons. The molecule has 0 aromatic heterocycles. The quantitative estimate of drug-likeness (QED) is 0.483. The van der Waals surface area contributed by atoms with Crippen molar-refractivity contribution in [3.8, 4) is 0 Å². The van der Waals surface area contributed by atoms with Crippen LogP contribution in [0.1, 0.15) is 42.9 Å². The number of likely N-dealkylation sites (tertiary alicyclic amines) is 1. The van der Waals surface area contributed by atoms with Crippen molar-refractivity contribution < 1.29 is 29.7 Å². The van der Waals surface area contributed by atoms with E-state index in [0.717, 1.165) is 25.9 Å². The van der Waals surface area contributed by atoms with Gasteiger partial charge in [-0.1, -0.05) is 60.7 Å². The van der Waals surface area contributed by atoms with Crippen LogP contribution in [0.15, 0.2) is 60.7 Å². The molecule has 0 aliphatic carbocycles. The summed E-state index contributed by atoms with van der Waals surface area (Å²) >= 11 is 0. The fourth-order valence-electron chi connectivity index (χ4n) is 4.83. The van der Waals surface area contributed by atoms with Gasteiger partial charge >= 0.3 is 17.9 Å². The number of hydrogen-bond donors (Lipinski definition) is 3. The molecule has 2 aromatic carbocycles. The van der Waals surface area contributed by atoms with Crippen molar-refractivity contribution >= 4 is 17.9 Å². The highest BCUT2D eigenvalue weighted by atomic mass is 16.4. The van der Waals surface area contributed by atoms with E-state index in [9.17, 15) is 29.7 Å². The zero-order valence-electron chi connectivity index (χ0n) is 17.8. The van der Waals surface area contributed by atoms with Gasteiger partial charge in [-0.15, -0.1) is 0 Å². The number of carbonyl (C=O) groups is 3. The van der Waals surface area contributed by atoms with E-state index in [2.05, 4.69) is 29.2 Å². The lowest BCUT2D eigenvalue weighted by molar-refractivity contribution is -0.158. The Bertz CT molecular complexity index is 855. The largest absolute Gasteiger partial charge is 0.481 e. The molecule has 170 valence electrons. The second-order valence-electron chi connectivity index (χ2n) is 8.45. The molecule has 1 heterocycles. The second-order valence-corrected chi connectivity index (χ2v) is 8.45. The molecule has 1 saturated heterocycles. The first kappa shape index (κ1) is 23.5. The minimum absolute atomic E-state index is 0.0870. The van der Waals surface area contributed by atoms with Crippen LogP contribution >= 0.6 is 0 Å². The molecule has 1 unspecified atom stereocenters. The summed E-state index contributed by atoms with van der Waals surface area (Å²) in [4.78, 5) is 36.6. The van der Waals surface area contributed by atoms with Gasteiger partial charge in [-0.3, -0.25) is 19.3 Å². The zero-order chi connectivity index (χ0) is 23.1. The number of nitrogens with zero attached hydrogens (tertiary/aromatic N) is 1. The Morgan fingerprint density at radius 3 is 1.69 bits per heavy atom. The molecule has 7 nitrogen and oxygen atoms in total. The molecule has 3 N–H and O–H groups in total. The average molecular weight is 440 g/mol. The molecule has 3 rings (SSSR count). The Balaban J connectivity index is 1.72. The molecule has 2 aromatic rings. The van der Waals surface area contributed by atoms with Crippen molar-refractivity contribution in [2.75, 3.05) is 13.1 Å². The summed E-state index contributed by atoms with van der Waals surface area (Å²) in [5.74, 6) is -6.68. The van der Waals surface area contributed by atoms with E-state index in [1.807, 2.05) is 36.4 Å². The van der Waals surface area contributed by atoms with Crippen LogP contribution in [0.5, 0.6) is 0 Å². The lowest BCUT2D eigenvalue weighted by Gasteiger charge is -2.39. The van der Waals surface area contributed by atoms with Crippen molar-refractivity contribution in [1.82, 2.24) is 4.90 Å². The first-order valence-electron chi connectivity index (χ1n) is 10.9. The van der Waals surface area contributed by atoms with Crippen LogP contribution < -0.4 is 0 Å². The molecule has 1 fully saturated rings. The van der Waals surface area contributed by atoms with Crippen LogP contribution in [0, 0.1) is 17.8 Å². The van der Waals surface area contributed by atoms with Gasteiger partial charge in [0, 0.05) is 6.42 Å². The minimum atomic E-state index is -1.70. The zero-order valence-corrected chi connectivity index (χ0v) is 17.8. The third-order valence-corrected chi connectivity index (χ3v) is 6.32. The van der Waals surface area contributed by atoms with Crippen LogP contribution in [0.2, 0.25) is 0 Å². The Kier molecular flexibility index (Phi) is 8.00. The molecule has 1 aliphatic rings. The predicted molar refractivity (Wildman–Crippen MR) is 118 cm³/mol. The molecule has 1 atom stereocenters. The van der Waals surface area contributed by atoms with Crippen molar-refractivity contribution in [3.63, 3.8) is 0 Å². The van der Waals surface area contributed by atoms with E-state index in [-0.39, 0.29) is 18.4 Å². The van der Waals surface area contributed by atoms with Crippen LogP contribution in [0.4, 0.5) is 0 Å². The van der Waals surface area contributed by atoms with Crippen molar-refractivity contribution in [2.45, 2.75) is 31.7 Å². The van der Waals surface area contributed by atoms with E-state index in [1.54, 1.807) is 0 Å². The molecule has 1 aliphatic heterocycles. The number of hydrogen-bond acceptors (Lipinski definition) is 4. The SMILES string of the molecule is O=C(O)CC(CC1CCN(C(c2ccccc2)c2ccccc2)CC1)C(C(=O)O)C(=O)O. The Morgan fingerprint density at radius 2 is 1.28 bits per heavy atom. The Labute approximate surface area is 187 Å². The van der Waals surface area contributed by atoms with Gasteiger partial charge in [0.25, 0.3) is 0 Å². The van der Waals surface area contributed by atoms with Gasteiger partial charge in [0.05, 0.1) is 6.04 Å². The first-order chi connectivity index (χ1) is 15.4. The monoisotopic (exact) mass is 439 g/mol. The van der Waals surface area contributed by atoms with E-state index < -0.39 is 36.2 Å². The average Bonchev–Trinajstić information content (AvgIpc) is 2.76. The summed E-state index contributed by atoms with van der Waals surface area (Å²) < 4.78 is 0. The van der Waals surface area contributed by atoms with Crippen molar-refractivity contribution in [3.05, 3.63) is 71.8 Å². The van der Waals surface area contributed by atoms with Crippen LogP contribution in [0.3, 0.4) is 0 Å². The molecular weight excluding hydrogens is 410 g/mol. The molecule has 0 bridgehead atoms. The topological polar surface area (TPSA) is 115 Å². The highest BCUT2D eigenvalue weighted by Crippen LogP contribution is 2.35. The molecule has 7 heteroatoms. The van der Waals surface area contributed by atoms with Gasteiger partial charge in [-0.05, 0) is 55.3 Å². The second kappa shape index (κ2) is 10.9. The molecule has 0 spiro atoms. The maximum atomic E-state index is 11.5. The fraction of sp³-hybridized carbons (Fsp3) is 0.400. The molecule has 0 amide bonds. The Morgan fingerprint density at radius 1 is 0.812 bits per heavy atom. The fourth-order valence-corrected chi connectivity index (χ4v) is 4.83. The third kappa shape index (κ3) is 5.95. The summed E-state index contributed by atoms with van der Waals surface area (Å²) in [6.45, 7) is 1.54. The van der Waals surface area contributed by atoms with Gasteiger partial charge in [0.2, 0.25) is 0 Å². The summed E-state index contributed by atoms with van der Waals surface area (Å²) in [6.07, 6.45) is 1.35. The van der Waals surface area contributed by atoms with Gasteiger partial charge in [0.15, 0.2) is 5.92 Å². The number of piperidine rings is 1. The van der Waals surface area contributed by atoms with Crippen LogP contribution in [0.25, 0.3) is 0 Å². The standard InChI is InChI=1S/C25H29NO6/c27-21(28)16-20(22(24(29)30)25(31)32)15-17-11-13-26(14-12-17)23(18-7-3-1-4-8-18)19-9-5-2-6-10-19/h1-10,17,20,22-23H,11-16H2,(H,27,28)(H,29,30)(H,31,32). The van der Waals surface area contributed by atoms with Crippen LogP contribution in [-0.2, 0) is 14.4 Å². The highest BCUT2D eigenvalue weighted by molar-refractivity contribution is 5.93. The lowest BCUT2D eigenvalue weighted by Crippen LogP contribution is -2.39. The molecule has 32 heavy (non-hydrogen) atoms. The van der Waals surface area contributed by atoms with Crippen LogP contribution in [-0.4, -0.2) is 51.2 Å². The van der Waals surface area contributed by atoms with Gasteiger partial charge in [0.1, 0.15) is 0 Å². The summed E-state index contributed by atoms with van der Waals surface area (Å²) in [5, 5.41) is 27.9. The van der Waals surface area contributed by atoms with Crippen molar-refractivity contribution in [1.29, 1.82) is 0 Å². The number of carboxylic acids is 3. The van der Waals surface area contributed by atoms with Crippen molar-refractivity contribution in [2.24, 2.45) is 17.8 Å². The van der Waals surface area contributed by atoms with Gasteiger partial charge in [-0.2, -0.15) is 0 Å². The number of carboxylic acid groups (broad SMARTS) is 3. The third-order valence-electron chi connectivity index (χ3n) is 6.32. The van der Waals surface area contributed by atoms with Gasteiger partial charge < -0.3 is 15.3 Å². The number of rotatable bonds is 10. The smallest absolute Gasteiger partial charge is 0.318 e. The lowest BCUT2D eigenvalue weighted by atomic mass is 9.78. The summed E-state index contributed by atoms with van der Waals surface area (Å²) in [7, 11) is 0. The van der Waals surface area contributed by atoms with E-state index in [4.69, 9.17) is 0 Å². The highest BCUT2D eigenvalue weighted by Gasteiger charge is 2.38. The maximum Gasteiger partial charge on any atom is 0.318 e. The predicted octanol–water partition coefficient (Wildman–Crippen LogP) is 3.75. The van der Waals surface area contributed by atoms with E-state index >= 15 is 0 Å². The summed E-state index contributed by atoms with van der Waals surface area (Å²) in [5.41, 5.74) is 2.38. The minimum Gasteiger partial charge on any atom is -0.481 e. The normalized spacial score (nSPS) is 16.2. The maximum absolute atomic E-state index is 11.5. The Hall–Kier alpha value is -3.19. The van der Waals surface area contributed by atoms with Gasteiger partial charge in [-0.25, -0.2) is 0 Å². The molecular formula is C25H29NO6. The number of benzene rings is 2. The first-order valence-corrected chi connectivity index (χ1v) is 10.9. The van der Waals surface area contributed by atoms with E-state index in [0.29, 0.717) is 0 Å². The summed E-state index contributed by atoms with van der Waals surface area (Å²) in [6, 6.07) is 20.6. The molecule has 0 saturated carbocycles.